The highest BCUT2D eigenvalue weighted by Crippen LogP contribution is 2.47. The largest absolute Gasteiger partial charge is 0.391 e. The molecule has 2 aromatic heterocycles. The zero-order chi connectivity index (χ0) is 25.3. The molecule has 0 amide bonds. The minimum Gasteiger partial charge on any atom is -0.391 e. The Morgan fingerprint density at radius 2 is 2.08 bits per heavy atom. The fraction of sp³-hybridized carbons (Fsp3) is 0.269. The maximum Gasteiger partial charge on any atom is 0.192 e. The molecule has 1 atom stereocenters. The van der Waals surface area contributed by atoms with Crippen molar-refractivity contribution in [2.24, 2.45) is 17.0 Å². The van der Waals surface area contributed by atoms with Crippen molar-refractivity contribution in [3.8, 4) is 5.69 Å². The quantitative estimate of drug-likeness (QED) is 0.217. The van der Waals surface area contributed by atoms with Crippen LogP contribution in [-0.2, 0) is 6.42 Å². The maximum atomic E-state index is 14.1. The number of pyridine rings is 1. The van der Waals surface area contributed by atoms with Crippen LogP contribution in [0.15, 0.2) is 71.7 Å². The summed E-state index contributed by atoms with van der Waals surface area (Å²) in [5.41, 5.74) is 9.58. The molecule has 1 fully saturated rings. The lowest BCUT2D eigenvalue weighted by Crippen LogP contribution is -2.50. The number of halogens is 1. The number of hydrogen-bond acceptors (Lipinski definition) is 8. The van der Waals surface area contributed by atoms with Crippen LogP contribution in [0.25, 0.3) is 11.8 Å². The minimum atomic E-state index is -0.795. The number of benzene rings is 1. The Bertz CT molecular complexity index is 1320. The monoisotopic (exact) mass is 505 g/mol. The van der Waals surface area contributed by atoms with E-state index in [1.165, 1.54) is 29.1 Å². The van der Waals surface area contributed by atoms with E-state index in [1.807, 2.05) is 13.0 Å². The molecule has 0 spiro atoms. The Kier molecular flexibility index (Phi) is 6.65. The van der Waals surface area contributed by atoms with Gasteiger partial charge in [-0.15, -0.1) is 0 Å². The van der Waals surface area contributed by atoms with Crippen molar-refractivity contribution < 1.29 is 9.18 Å². The Morgan fingerprint density at radius 3 is 2.81 bits per heavy atom. The Hall–Kier alpha value is -3.47. The van der Waals surface area contributed by atoms with Crippen LogP contribution in [-0.4, -0.2) is 49.5 Å². The second-order valence-corrected chi connectivity index (χ2v) is 10.2. The number of piperidine rings is 1. The average molecular weight is 506 g/mol. The molecule has 0 saturated carbocycles. The highest BCUT2D eigenvalue weighted by atomic mass is 32.2. The van der Waals surface area contributed by atoms with Crippen LogP contribution >= 0.6 is 11.9 Å². The number of fused-ring (bicyclic) bond motifs is 2. The summed E-state index contributed by atoms with van der Waals surface area (Å²) in [5.74, 6) is 5.58. The van der Waals surface area contributed by atoms with Crippen LogP contribution in [0.3, 0.4) is 0 Å². The van der Waals surface area contributed by atoms with Crippen molar-refractivity contribution >= 4 is 23.8 Å². The van der Waals surface area contributed by atoms with Crippen LogP contribution in [0.1, 0.15) is 35.1 Å². The second kappa shape index (κ2) is 9.88. The molecule has 10 heteroatoms. The third kappa shape index (κ3) is 4.55. The van der Waals surface area contributed by atoms with E-state index in [9.17, 15) is 9.18 Å². The summed E-state index contributed by atoms with van der Waals surface area (Å²) in [6.45, 7) is 3.78. The van der Waals surface area contributed by atoms with Crippen LogP contribution in [0.5, 0.6) is 0 Å². The van der Waals surface area contributed by atoms with Crippen molar-refractivity contribution in [3.05, 3.63) is 94.4 Å². The minimum absolute atomic E-state index is 0.0172. The number of hydrogen-bond donors (Lipinski definition) is 2. The molecule has 1 aliphatic carbocycles. The topological polar surface area (TPSA) is 106 Å². The highest BCUT2D eigenvalue weighted by Gasteiger charge is 2.49. The lowest BCUT2D eigenvalue weighted by molar-refractivity contribution is 0.0776. The van der Waals surface area contributed by atoms with E-state index in [2.05, 4.69) is 20.5 Å². The van der Waals surface area contributed by atoms with Gasteiger partial charge in [0, 0.05) is 32.0 Å². The summed E-state index contributed by atoms with van der Waals surface area (Å²) in [6.07, 6.45) is 8.40. The molecule has 1 unspecified atom stereocenters. The van der Waals surface area contributed by atoms with E-state index in [4.69, 9.17) is 11.6 Å². The molecule has 8 nitrogen and oxygen atoms in total. The standard InChI is InChI=1S/C26H28FN7OS/c1-2-32(29)16-24(28)36-33-12-10-19-13-23-18(15-31-34(23)21-8-6-20(27)7-9-21)14-26(19,17-33)25(35)22-5-3-4-11-30-22/h3-9,11,13,15-16H,2,10,12,14,17,28-29H2,1H3/b24-16+. The molecule has 1 saturated heterocycles. The van der Waals surface area contributed by atoms with Gasteiger partial charge in [-0.25, -0.2) is 19.2 Å². The Balaban J connectivity index is 1.53. The van der Waals surface area contributed by atoms with E-state index < -0.39 is 5.41 Å². The van der Waals surface area contributed by atoms with Crippen molar-refractivity contribution in [2.75, 3.05) is 19.6 Å². The van der Waals surface area contributed by atoms with Gasteiger partial charge in [-0.2, -0.15) is 5.10 Å². The molecule has 36 heavy (non-hydrogen) atoms. The predicted molar refractivity (Wildman–Crippen MR) is 139 cm³/mol. The summed E-state index contributed by atoms with van der Waals surface area (Å²) in [7, 11) is 0. The maximum absolute atomic E-state index is 14.1. The number of ketones is 1. The number of Topliss-reactive ketones (excluding diaryl/α,β-unsaturated/α-hetero) is 1. The van der Waals surface area contributed by atoms with E-state index in [0.717, 1.165) is 29.1 Å². The molecule has 1 aromatic carbocycles. The van der Waals surface area contributed by atoms with Gasteiger partial charge < -0.3 is 10.7 Å². The first-order valence-electron chi connectivity index (χ1n) is 11.8. The number of hydrazine groups is 1. The van der Waals surface area contributed by atoms with Crippen molar-refractivity contribution in [2.45, 2.75) is 19.8 Å². The van der Waals surface area contributed by atoms with Gasteiger partial charge in [0.15, 0.2) is 5.78 Å². The average Bonchev–Trinajstić information content (AvgIpc) is 3.29. The summed E-state index contributed by atoms with van der Waals surface area (Å²) in [4.78, 5) is 18.4. The first-order valence-corrected chi connectivity index (χ1v) is 12.6. The molecule has 0 bridgehead atoms. The van der Waals surface area contributed by atoms with Crippen molar-refractivity contribution in [1.82, 2.24) is 24.1 Å². The van der Waals surface area contributed by atoms with Gasteiger partial charge in [-0.1, -0.05) is 11.6 Å². The Morgan fingerprint density at radius 1 is 1.28 bits per heavy atom. The molecule has 4 N–H and O–H groups in total. The molecule has 0 radical (unpaired) electrons. The zero-order valence-corrected chi connectivity index (χ0v) is 20.8. The van der Waals surface area contributed by atoms with Gasteiger partial charge in [-0.3, -0.25) is 9.78 Å². The molecule has 186 valence electrons. The molecule has 3 aromatic rings. The number of nitrogens with two attached hydrogens (primary N) is 2. The van der Waals surface area contributed by atoms with Gasteiger partial charge in [0.2, 0.25) is 0 Å². The molecule has 3 heterocycles. The summed E-state index contributed by atoms with van der Waals surface area (Å²) in [6, 6.07) is 11.6. The smallest absolute Gasteiger partial charge is 0.192 e. The second-order valence-electron chi connectivity index (χ2n) is 8.98. The highest BCUT2D eigenvalue weighted by molar-refractivity contribution is 8.00. The molecular formula is C26H28FN7OS. The van der Waals surface area contributed by atoms with E-state index in [-0.39, 0.29) is 11.6 Å². The fourth-order valence-corrected chi connectivity index (χ4v) is 5.80. The van der Waals surface area contributed by atoms with Crippen molar-refractivity contribution in [3.63, 3.8) is 0 Å². The molecule has 5 rings (SSSR count). The number of carbonyl (C=O) groups is 1. The van der Waals surface area contributed by atoms with E-state index in [1.54, 1.807) is 47.5 Å². The fourth-order valence-electron chi connectivity index (χ4n) is 4.85. The van der Waals surface area contributed by atoms with E-state index in [0.29, 0.717) is 36.7 Å². The lowest BCUT2D eigenvalue weighted by Gasteiger charge is -2.44. The predicted octanol–water partition coefficient (Wildman–Crippen LogP) is 3.52. The van der Waals surface area contributed by atoms with Crippen LogP contribution in [0, 0.1) is 11.2 Å². The SMILES string of the molecule is CCN(N)/C=C(\N)SN1CCC2=Cc3c(cnn3-c3ccc(F)cc3)CC2(C(=O)c2ccccn2)C1. The summed E-state index contributed by atoms with van der Waals surface area (Å²) >= 11 is 1.41. The summed E-state index contributed by atoms with van der Waals surface area (Å²) < 4.78 is 17.4. The molecular weight excluding hydrogens is 477 g/mol. The van der Waals surface area contributed by atoms with Crippen LogP contribution in [0.2, 0.25) is 0 Å². The van der Waals surface area contributed by atoms with Crippen molar-refractivity contribution in [1.29, 1.82) is 0 Å². The normalized spacial score (nSPS) is 19.9. The number of nitrogens with zero attached hydrogens (tertiary/aromatic N) is 5. The van der Waals surface area contributed by atoms with Gasteiger partial charge in [0.1, 0.15) is 11.5 Å². The lowest BCUT2D eigenvalue weighted by atomic mass is 9.65. The summed E-state index contributed by atoms with van der Waals surface area (Å²) in [5, 5.41) is 6.68. The van der Waals surface area contributed by atoms with Crippen LogP contribution in [0.4, 0.5) is 4.39 Å². The van der Waals surface area contributed by atoms with Crippen LogP contribution < -0.4 is 11.6 Å². The third-order valence-corrected chi connectivity index (χ3v) is 7.56. The number of aromatic nitrogens is 3. The Labute approximate surface area is 213 Å². The van der Waals surface area contributed by atoms with E-state index >= 15 is 0 Å². The third-order valence-electron chi connectivity index (χ3n) is 6.68. The van der Waals surface area contributed by atoms with Gasteiger partial charge in [0.25, 0.3) is 0 Å². The molecule has 1 aliphatic heterocycles. The molecule has 2 aliphatic rings. The number of rotatable bonds is 7. The van der Waals surface area contributed by atoms with Gasteiger partial charge in [0.05, 0.1) is 28.0 Å². The first kappa shape index (κ1) is 24.2. The first-order chi connectivity index (χ1) is 17.4. The number of carbonyl (C=O) groups excluding carboxylic acids is 1. The zero-order valence-electron chi connectivity index (χ0n) is 20.0. The van der Waals surface area contributed by atoms with Gasteiger partial charge >= 0.3 is 0 Å². The van der Waals surface area contributed by atoms with Gasteiger partial charge in [-0.05, 0) is 79.8 Å².